The molecule has 0 radical (unpaired) electrons. The molecule has 1 aliphatic heterocycles. The van der Waals surface area contributed by atoms with Gasteiger partial charge in [0, 0.05) is 24.0 Å². The second-order valence-electron chi connectivity index (χ2n) is 6.87. The van der Waals surface area contributed by atoms with E-state index >= 15 is 0 Å². The van der Waals surface area contributed by atoms with Crippen LogP contribution in [-0.2, 0) is 19.1 Å². The van der Waals surface area contributed by atoms with Gasteiger partial charge in [0.1, 0.15) is 11.7 Å². The maximum Gasteiger partial charge on any atom is 0.342 e. The van der Waals surface area contributed by atoms with Gasteiger partial charge in [0.25, 0.3) is 0 Å². The Hall–Kier alpha value is -2.32. The molecule has 2 N–H and O–H groups in total. The standard InChI is InChI=1S/C20H24F2O6/c1-11-6-4-7-12(2)28-19(26)17-13(8-5-9-14(23)18(11)25)20(21,22)16(27-3)10-15(17)24/h4-6,8,10-12,14,18,23,25H,7,9H2,1-3H3/b6-4+,8-5+/t11-,12-,14-,18+/m0/s1. The summed E-state index contributed by atoms with van der Waals surface area (Å²) in [6.07, 6.45) is 3.07. The van der Waals surface area contributed by atoms with E-state index in [-0.39, 0.29) is 12.8 Å². The molecule has 154 valence electrons. The van der Waals surface area contributed by atoms with Crippen molar-refractivity contribution in [1.82, 2.24) is 0 Å². The van der Waals surface area contributed by atoms with Crippen molar-refractivity contribution in [2.45, 2.75) is 50.9 Å². The lowest BCUT2D eigenvalue weighted by molar-refractivity contribution is -0.144. The fraction of sp³-hybridized carbons (Fsp3) is 0.500. The fourth-order valence-corrected chi connectivity index (χ4v) is 2.99. The lowest BCUT2D eigenvalue weighted by Gasteiger charge is -2.26. The van der Waals surface area contributed by atoms with Gasteiger partial charge in [-0.15, -0.1) is 0 Å². The fourth-order valence-electron chi connectivity index (χ4n) is 2.99. The smallest absolute Gasteiger partial charge is 0.342 e. The summed E-state index contributed by atoms with van der Waals surface area (Å²) < 4.78 is 39.3. The van der Waals surface area contributed by atoms with Crippen molar-refractivity contribution in [3.05, 3.63) is 47.3 Å². The largest absolute Gasteiger partial charge is 0.494 e. The van der Waals surface area contributed by atoms with Crippen LogP contribution < -0.4 is 0 Å². The zero-order valence-corrected chi connectivity index (χ0v) is 15.9. The first-order valence-corrected chi connectivity index (χ1v) is 8.93. The van der Waals surface area contributed by atoms with Gasteiger partial charge in [-0.2, -0.15) is 8.78 Å². The van der Waals surface area contributed by atoms with Crippen molar-refractivity contribution in [2.75, 3.05) is 7.11 Å². The second-order valence-corrected chi connectivity index (χ2v) is 6.87. The van der Waals surface area contributed by atoms with E-state index in [1.807, 2.05) is 0 Å². The van der Waals surface area contributed by atoms with E-state index in [0.717, 1.165) is 13.2 Å². The second kappa shape index (κ2) is 8.79. The molecule has 0 amide bonds. The Bertz CT molecular complexity index is 750. The maximum absolute atomic E-state index is 14.8. The SMILES string of the molecule is COC1=CC(=O)C2=C(/C=C/C[C@H](O)[C@H](O)[C@@H](C)/C=C/C[C@H](C)OC2=O)C1(F)F. The number of halogens is 2. The minimum atomic E-state index is -3.73. The Balaban J connectivity index is 2.52. The predicted molar refractivity (Wildman–Crippen MR) is 96.3 cm³/mol. The number of methoxy groups -OCH3 is 1. The molecule has 0 fully saturated rings. The number of aliphatic hydroxyl groups is 2. The first kappa shape index (κ1) is 22.0. The number of esters is 1. The number of hydrogen-bond donors (Lipinski definition) is 2. The van der Waals surface area contributed by atoms with Gasteiger partial charge in [-0.1, -0.05) is 31.2 Å². The van der Waals surface area contributed by atoms with Crippen molar-refractivity contribution in [1.29, 1.82) is 0 Å². The maximum atomic E-state index is 14.8. The molecule has 4 atom stereocenters. The van der Waals surface area contributed by atoms with Gasteiger partial charge < -0.3 is 19.7 Å². The third-order valence-electron chi connectivity index (χ3n) is 4.66. The molecule has 1 aliphatic carbocycles. The summed E-state index contributed by atoms with van der Waals surface area (Å²) in [5, 5.41) is 20.3. The first-order chi connectivity index (χ1) is 13.1. The monoisotopic (exact) mass is 398 g/mol. The number of aliphatic hydroxyl groups excluding tert-OH is 2. The predicted octanol–water partition coefficient (Wildman–Crippen LogP) is 2.23. The Morgan fingerprint density at radius 3 is 2.50 bits per heavy atom. The van der Waals surface area contributed by atoms with Crippen LogP contribution >= 0.6 is 0 Å². The minimum absolute atomic E-state index is 0.155. The highest BCUT2D eigenvalue weighted by molar-refractivity contribution is 6.23. The van der Waals surface area contributed by atoms with Crippen LogP contribution in [0, 0.1) is 5.92 Å². The van der Waals surface area contributed by atoms with Crippen LogP contribution in [0.4, 0.5) is 8.78 Å². The molecule has 1 heterocycles. The van der Waals surface area contributed by atoms with E-state index < -0.39 is 58.8 Å². The number of ketones is 1. The van der Waals surface area contributed by atoms with Gasteiger partial charge in [-0.3, -0.25) is 4.79 Å². The van der Waals surface area contributed by atoms with Crippen LogP contribution in [0.1, 0.15) is 26.7 Å². The zero-order chi connectivity index (χ0) is 21.1. The molecule has 28 heavy (non-hydrogen) atoms. The molecule has 8 heteroatoms. The van der Waals surface area contributed by atoms with E-state index in [0.29, 0.717) is 6.08 Å². The molecule has 2 aliphatic rings. The number of allylic oxidation sites excluding steroid dienone is 3. The highest BCUT2D eigenvalue weighted by atomic mass is 19.3. The highest BCUT2D eigenvalue weighted by Gasteiger charge is 2.47. The van der Waals surface area contributed by atoms with Gasteiger partial charge >= 0.3 is 11.9 Å². The van der Waals surface area contributed by atoms with E-state index in [4.69, 9.17) is 4.74 Å². The molecule has 0 aromatic heterocycles. The molecule has 0 saturated heterocycles. The van der Waals surface area contributed by atoms with E-state index in [2.05, 4.69) is 4.74 Å². The number of cyclic esters (lactones) is 1. The summed E-state index contributed by atoms with van der Waals surface area (Å²) in [6, 6.07) is 0. The zero-order valence-electron chi connectivity index (χ0n) is 15.9. The number of alkyl halides is 2. The lowest BCUT2D eigenvalue weighted by atomic mass is 9.90. The van der Waals surface area contributed by atoms with Crippen LogP contribution in [0.15, 0.2) is 47.3 Å². The Labute approximate surface area is 161 Å². The number of carbonyl (C=O) groups excluding carboxylic acids is 2. The number of hydrogen-bond acceptors (Lipinski definition) is 6. The van der Waals surface area contributed by atoms with Gasteiger partial charge in [0.15, 0.2) is 11.5 Å². The Morgan fingerprint density at radius 2 is 1.86 bits per heavy atom. The molecular formula is C20H24F2O6. The van der Waals surface area contributed by atoms with Crippen molar-refractivity contribution in [3.63, 3.8) is 0 Å². The first-order valence-electron chi connectivity index (χ1n) is 8.93. The third kappa shape index (κ3) is 4.56. The number of ether oxygens (including phenoxy) is 2. The topological polar surface area (TPSA) is 93.1 Å². The normalized spacial score (nSPS) is 33.9. The lowest BCUT2D eigenvalue weighted by Crippen LogP contribution is -2.34. The summed E-state index contributed by atoms with van der Waals surface area (Å²) in [7, 11) is 1.000. The van der Waals surface area contributed by atoms with Crippen LogP contribution in [-0.4, -0.2) is 53.3 Å². The average Bonchev–Trinajstić information content (AvgIpc) is 2.62. The molecule has 2 rings (SSSR count). The summed E-state index contributed by atoms with van der Waals surface area (Å²) >= 11 is 0. The molecule has 0 spiro atoms. The summed E-state index contributed by atoms with van der Waals surface area (Å²) in [4.78, 5) is 24.8. The molecule has 6 nitrogen and oxygen atoms in total. The van der Waals surface area contributed by atoms with Crippen LogP contribution in [0.25, 0.3) is 0 Å². The summed E-state index contributed by atoms with van der Waals surface area (Å²) in [5.74, 6) is -7.12. The molecule has 0 saturated carbocycles. The highest BCUT2D eigenvalue weighted by Crippen LogP contribution is 2.39. The third-order valence-corrected chi connectivity index (χ3v) is 4.66. The molecule has 0 bridgehead atoms. The Kier molecular flexibility index (Phi) is 6.90. The van der Waals surface area contributed by atoms with Crippen molar-refractivity contribution in [3.8, 4) is 0 Å². The molecule has 0 aromatic carbocycles. The minimum Gasteiger partial charge on any atom is -0.494 e. The van der Waals surface area contributed by atoms with Crippen LogP contribution in [0.5, 0.6) is 0 Å². The number of carbonyl (C=O) groups is 2. The van der Waals surface area contributed by atoms with E-state index in [9.17, 15) is 28.6 Å². The van der Waals surface area contributed by atoms with Gasteiger partial charge in [-0.05, 0) is 13.3 Å². The molecule has 0 unspecified atom stereocenters. The van der Waals surface area contributed by atoms with Gasteiger partial charge in [0.2, 0.25) is 0 Å². The van der Waals surface area contributed by atoms with Gasteiger partial charge in [0.05, 0.1) is 19.3 Å². The Morgan fingerprint density at radius 1 is 1.18 bits per heavy atom. The number of rotatable bonds is 1. The van der Waals surface area contributed by atoms with Crippen molar-refractivity contribution >= 4 is 11.8 Å². The van der Waals surface area contributed by atoms with Gasteiger partial charge in [-0.25, -0.2) is 4.79 Å². The van der Waals surface area contributed by atoms with Crippen molar-refractivity contribution < 1.29 is 38.1 Å². The molecule has 0 aromatic rings. The van der Waals surface area contributed by atoms with E-state index in [1.165, 1.54) is 6.08 Å². The van der Waals surface area contributed by atoms with Crippen LogP contribution in [0.2, 0.25) is 0 Å². The molecular weight excluding hydrogens is 374 g/mol. The van der Waals surface area contributed by atoms with Crippen LogP contribution in [0.3, 0.4) is 0 Å². The summed E-state index contributed by atoms with van der Waals surface area (Å²) in [6.45, 7) is 3.25. The van der Waals surface area contributed by atoms with Crippen molar-refractivity contribution in [2.24, 2.45) is 5.92 Å². The van der Waals surface area contributed by atoms with E-state index in [1.54, 1.807) is 26.0 Å². The quantitative estimate of drug-likeness (QED) is 0.400. The average molecular weight is 398 g/mol. The summed E-state index contributed by atoms with van der Waals surface area (Å²) in [5.41, 5.74) is -1.64.